The Morgan fingerprint density at radius 3 is 3.05 bits per heavy atom. The van der Waals surface area contributed by atoms with Gasteiger partial charge in [-0.05, 0) is 19.1 Å². The zero-order valence-electron chi connectivity index (χ0n) is 13.0. The van der Waals surface area contributed by atoms with Gasteiger partial charge in [0.05, 0.1) is 6.61 Å². The number of pyridine rings is 1. The molecule has 2 aromatic heterocycles. The second-order valence-corrected chi connectivity index (χ2v) is 5.41. The van der Waals surface area contributed by atoms with Crippen molar-refractivity contribution in [3.05, 3.63) is 47.7 Å². The number of rotatable bonds is 4. The van der Waals surface area contributed by atoms with Gasteiger partial charge in [0.15, 0.2) is 5.82 Å². The van der Waals surface area contributed by atoms with E-state index < -0.39 is 0 Å². The van der Waals surface area contributed by atoms with Gasteiger partial charge in [0.1, 0.15) is 11.9 Å². The molecule has 6 nitrogen and oxygen atoms in total. The summed E-state index contributed by atoms with van der Waals surface area (Å²) >= 11 is 0. The predicted octanol–water partition coefficient (Wildman–Crippen LogP) is 1.80. The summed E-state index contributed by atoms with van der Waals surface area (Å²) in [6, 6.07) is 5.98. The molecule has 1 aliphatic heterocycles. The summed E-state index contributed by atoms with van der Waals surface area (Å²) in [7, 11) is 1.90. The number of nitrogens with one attached hydrogen (secondary N) is 1. The van der Waals surface area contributed by atoms with E-state index in [1.54, 1.807) is 12.4 Å². The van der Waals surface area contributed by atoms with E-state index in [1.807, 2.05) is 26.1 Å². The number of ether oxygens (including phenoxy) is 1. The van der Waals surface area contributed by atoms with Crippen LogP contribution in [0.4, 0.5) is 5.82 Å². The minimum atomic E-state index is -0.0663. The third-order valence-electron chi connectivity index (χ3n) is 3.77. The third-order valence-corrected chi connectivity index (χ3v) is 3.77. The van der Waals surface area contributed by atoms with Crippen molar-refractivity contribution < 1.29 is 4.74 Å². The van der Waals surface area contributed by atoms with Crippen molar-refractivity contribution >= 4 is 5.82 Å². The summed E-state index contributed by atoms with van der Waals surface area (Å²) < 4.78 is 5.85. The van der Waals surface area contributed by atoms with Crippen molar-refractivity contribution in [1.82, 2.24) is 19.9 Å². The topological polar surface area (TPSA) is 63.2 Å². The van der Waals surface area contributed by atoms with E-state index in [0.29, 0.717) is 6.61 Å². The molecule has 0 bridgehead atoms. The van der Waals surface area contributed by atoms with Crippen molar-refractivity contribution in [1.29, 1.82) is 0 Å². The Bertz CT molecular complexity index is 633. The molecule has 3 heterocycles. The molecule has 0 saturated carbocycles. The highest BCUT2D eigenvalue weighted by Gasteiger charge is 2.24. The Labute approximate surface area is 130 Å². The molecule has 22 heavy (non-hydrogen) atoms. The lowest BCUT2D eigenvalue weighted by Crippen LogP contribution is -2.38. The monoisotopic (exact) mass is 299 g/mol. The Hall–Kier alpha value is -2.05. The maximum Gasteiger partial charge on any atom is 0.158 e. The zero-order valence-corrected chi connectivity index (χ0v) is 13.0. The highest BCUT2D eigenvalue weighted by molar-refractivity contribution is 5.42. The lowest BCUT2D eigenvalue weighted by Gasteiger charge is -2.32. The molecule has 1 unspecified atom stereocenters. The van der Waals surface area contributed by atoms with Crippen LogP contribution in [0.1, 0.15) is 23.2 Å². The molecule has 1 fully saturated rings. The molecule has 3 rings (SSSR count). The standard InChI is InChI=1S/C16H21N5O/c1-12-5-7-19-16(20-12)14-11-21(8-9-22-14)10-13-4-3-6-18-15(13)17-2/h3-7,14H,8-11H2,1-2H3,(H,17,18). The van der Waals surface area contributed by atoms with Gasteiger partial charge in [-0.25, -0.2) is 15.0 Å². The number of nitrogens with zero attached hydrogens (tertiary/aromatic N) is 4. The van der Waals surface area contributed by atoms with Crippen molar-refractivity contribution in [3.63, 3.8) is 0 Å². The molecule has 0 aliphatic carbocycles. The van der Waals surface area contributed by atoms with Gasteiger partial charge < -0.3 is 10.1 Å². The van der Waals surface area contributed by atoms with Crippen molar-refractivity contribution in [2.45, 2.75) is 19.6 Å². The molecule has 0 aromatic carbocycles. The molecule has 1 saturated heterocycles. The SMILES string of the molecule is CNc1ncccc1CN1CCOC(c2nccc(C)n2)C1. The van der Waals surface area contributed by atoms with Gasteiger partial charge in [-0.2, -0.15) is 0 Å². The summed E-state index contributed by atoms with van der Waals surface area (Å²) in [4.78, 5) is 15.6. The molecule has 1 N–H and O–H groups in total. The maximum absolute atomic E-state index is 5.85. The average Bonchev–Trinajstić information content (AvgIpc) is 2.56. The van der Waals surface area contributed by atoms with Crippen LogP contribution in [0, 0.1) is 6.92 Å². The van der Waals surface area contributed by atoms with Gasteiger partial charge in [-0.1, -0.05) is 6.07 Å². The van der Waals surface area contributed by atoms with E-state index in [2.05, 4.69) is 31.2 Å². The minimum absolute atomic E-state index is 0.0663. The number of hydrogen-bond acceptors (Lipinski definition) is 6. The normalized spacial score (nSPS) is 19.1. The number of aryl methyl sites for hydroxylation is 1. The van der Waals surface area contributed by atoms with E-state index in [0.717, 1.165) is 37.0 Å². The average molecular weight is 299 g/mol. The lowest BCUT2D eigenvalue weighted by molar-refractivity contribution is -0.0372. The molecular formula is C16H21N5O. The van der Waals surface area contributed by atoms with Crippen molar-refractivity contribution in [3.8, 4) is 0 Å². The largest absolute Gasteiger partial charge is 0.373 e. The second-order valence-electron chi connectivity index (χ2n) is 5.41. The lowest BCUT2D eigenvalue weighted by atomic mass is 10.2. The van der Waals surface area contributed by atoms with Crippen LogP contribution in [-0.4, -0.2) is 46.6 Å². The second kappa shape index (κ2) is 6.81. The summed E-state index contributed by atoms with van der Waals surface area (Å²) in [6.07, 6.45) is 3.53. The highest BCUT2D eigenvalue weighted by Crippen LogP contribution is 2.22. The van der Waals surface area contributed by atoms with Crippen LogP contribution < -0.4 is 5.32 Å². The van der Waals surface area contributed by atoms with Crippen LogP contribution in [0.2, 0.25) is 0 Å². The van der Waals surface area contributed by atoms with E-state index in [4.69, 9.17) is 4.74 Å². The third kappa shape index (κ3) is 3.40. The van der Waals surface area contributed by atoms with Gasteiger partial charge in [-0.15, -0.1) is 0 Å². The highest BCUT2D eigenvalue weighted by atomic mass is 16.5. The fourth-order valence-corrected chi connectivity index (χ4v) is 2.66. The van der Waals surface area contributed by atoms with E-state index in [-0.39, 0.29) is 6.10 Å². The van der Waals surface area contributed by atoms with Gasteiger partial charge in [0.2, 0.25) is 0 Å². The summed E-state index contributed by atoms with van der Waals surface area (Å²) in [6.45, 7) is 5.20. The van der Waals surface area contributed by atoms with Gasteiger partial charge >= 0.3 is 0 Å². The minimum Gasteiger partial charge on any atom is -0.373 e. The first-order chi connectivity index (χ1) is 10.8. The molecule has 116 valence electrons. The van der Waals surface area contributed by atoms with E-state index in [9.17, 15) is 0 Å². The Morgan fingerprint density at radius 2 is 2.23 bits per heavy atom. The Morgan fingerprint density at radius 1 is 1.32 bits per heavy atom. The number of anilines is 1. The number of morpholine rings is 1. The molecule has 6 heteroatoms. The number of aromatic nitrogens is 3. The smallest absolute Gasteiger partial charge is 0.158 e. The molecule has 0 radical (unpaired) electrons. The van der Waals surface area contributed by atoms with Crippen LogP contribution in [-0.2, 0) is 11.3 Å². The Balaban J connectivity index is 1.70. The van der Waals surface area contributed by atoms with Crippen LogP contribution >= 0.6 is 0 Å². The van der Waals surface area contributed by atoms with E-state index >= 15 is 0 Å². The first-order valence-corrected chi connectivity index (χ1v) is 7.51. The maximum atomic E-state index is 5.85. The van der Waals surface area contributed by atoms with Gasteiger partial charge in [0.25, 0.3) is 0 Å². The van der Waals surface area contributed by atoms with Crippen LogP contribution in [0.25, 0.3) is 0 Å². The van der Waals surface area contributed by atoms with Gasteiger partial charge in [0, 0.05) is 50.3 Å². The molecule has 1 aliphatic rings. The summed E-state index contributed by atoms with van der Waals surface area (Å²) in [5, 5.41) is 3.14. The van der Waals surface area contributed by atoms with Crippen LogP contribution in [0.5, 0.6) is 0 Å². The fourth-order valence-electron chi connectivity index (χ4n) is 2.66. The zero-order chi connectivity index (χ0) is 15.4. The molecule has 2 aromatic rings. The Kier molecular flexibility index (Phi) is 4.60. The molecule has 0 amide bonds. The first-order valence-electron chi connectivity index (χ1n) is 7.51. The van der Waals surface area contributed by atoms with E-state index in [1.165, 1.54) is 5.56 Å². The predicted molar refractivity (Wildman–Crippen MR) is 84.5 cm³/mol. The summed E-state index contributed by atoms with van der Waals surface area (Å²) in [5.74, 6) is 1.70. The molecule has 1 atom stereocenters. The van der Waals surface area contributed by atoms with Crippen LogP contribution in [0.3, 0.4) is 0 Å². The quantitative estimate of drug-likeness (QED) is 0.929. The first kappa shape index (κ1) is 14.9. The van der Waals surface area contributed by atoms with Gasteiger partial charge in [-0.3, -0.25) is 4.90 Å². The summed E-state index contributed by atoms with van der Waals surface area (Å²) in [5.41, 5.74) is 2.16. The van der Waals surface area contributed by atoms with Crippen molar-refractivity contribution in [2.24, 2.45) is 0 Å². The number of hydrogen-bond donors (Lipinski definition) is 1. The molecule has 0 spiro atoms. The van der Waals surface area contributed by atoms with Crippen molar-refractivity contribution in [2.75, 3.05) is 32.1 Å². The van der Waals surface area contributed by atoms with Crippen LogP contribution in [0.15, 0.2) is 30.6 Å². The fraction of sp³-hybridized carbons (Fsp3) is 0.438. The molecular weight excluding hydrogens is 278 g/mol.